The highest BCUT2D eigenvalue weighted by molar-refractivity contribution is 7.88. The van der Waals surface area contributed by atoms with Crippen LogP contribution in [0.5, 0.6) is 0 Å². The van der Waals surface area contributed by atoms with Crippen LogP contribution in [-0.2, 0) is 22.3 Å². The molecule has 1 heterocycles. The predicted octanol–water partition coefficient (Wildman–Crippen LogP) is 2.26. The topological polar surface area (TPSA) is 101 Å². The van der Waals surface area contributed by atoms with Crippen molar-refractivity contribution in [3.63, 3.8) is 0 Å². The summed E-state index contributed by atoms with van der Waals surface area (Å²) in [5, 5.41) is 2.74. The maximum absolute atomic E-state index is 13.3. The van der Waals surface area contributed by atoms with Crippen LogP contribution in [0.15, 0.2) is 60.9 Å². The third-order valence-corrected chi connectivity index (χ3v) is 5.44. The summed E-state index contributed by atoms with van der Waals surface area (Å²) in [4.78, 5) is 20.6. The van der Waals surface area contributed by atoms with E-state index < -0.39 is 15.8 Å². The minimum atomic E-state index is -3.37. The Kier molecular flexibility index (Phi) is 6.30. The summed E-state index contributed by atoms with van der Waals surface area (Å²) in [5.41, 5.74) is 2.16. The van der Waals surface area contributed by atoms with Gasteiger partial charge in [-0.15, -0.1) is 0 Å². The lowest BCUT2D eigenvalue weighted by molar-refractivity contribution is 0.0950. The number of nitrogens with one attached hydrogen (secondary N) is 2. The van der Waals surface area contributed by atoms with Gasteiger partial charge in [0.05, 0.1) is 11.3 Å². The molecule has 2 N–H and O–H groups in total. The molecule has 0 atom stereocenters. The van der Waals surface area contributed by atoms with Gasteiger partial charge in [0.2, 0.25) is 10.0 Å². The van der Waals surface area contributed by atoms with Gasteiger partial charge in [-0.05, 0) is 30.3 Å². The van der Waals surface area contributed by atoms with Crippen LogP contribution in [0.1, 0.15) is 21.5 Å². The lowest BCUT2D eigenvalue weighted by Gasteiger charge is -2.08. The van der Waals surface area contributed by atoms with Crippen LogP contribution in [-0.4, -0.2) is 31.3 Å². The van der Waals surface area contributed by atoms with E-state index in [0.717, 1.165) is 5.56 Å². The molecule has 7 nitrogen and oxygen atoms in total. The Labute approximate surface area is 168 Å². The molecule has 0 aliphatic carbocycles. The van der Waals surface area contributed by atoms with E-state index in [-0.39, 0.29) is 23.8 Å². The molecule has 2 aromatic carbocycles. The van der Waals surface area contributed by atoms with E-state index in [1.807, 2.05) is 0 Å². The lowest BCUT2D eigenvalue weighted by Crippen LogP contribution is -2.23. The summed E-state index contributed by atoms with van der Waals surface area (Å²) in [6.45, 7) is 0.220. The van der Waals surface area contributed by atoms with Crippen LogP contribution in [0.4, 0.5) is 4.39 Å². The van der Waals surface area contributed by atoms with Crippen molar-refractivity contribution in [1.29, 1.82) is 0 Å². The molecule has 0 aliphatic rings. The smallest absolute Gasteiger partial charge is 0.254 e. The van der Waals surface area contributed by atoms with Gasteiger partial charge in [0.25, 0.3) is 5.91 Å². The molecule has 150 valence electrons. The molecule has 0 bridgehead atoms. The van der Waals surface area contributed by atoms with Crippen molar-refractivity contribution in [2.75, 3.05) is 7.05 Å². The van der Waals surface area contributed by atoms with Gasteiger partial charge in [0.1, 0.15) is 5.82 Å². The number of carbonyl (C=O) groups is 1. The Bertz CT molecular complexity index is 1120. The number of hydrogen-bond acceptors (Lipinski definition) is 5. The minimum absolute atomic E-state index is 0.138. The van der Waals surface area contributed by atoms with Gasteiger partial charge >= 0.3 is 0 Å². The van der Waals surface area contributed by atoms with Gasteiger partial charge in [-0.25, -0.2) is 27.5 Å². The van der Waals surface area contributed by atoms with Crippen LogP contribution in [0.2, 0.25) is 0 Å². The van der Waals surface area contributed by atoms with Crippen molar-refractivity contribution >= 4 is 15.9 Å². The number of benzene rings is 2. The molecule has 0 fully saturated rings. The molecule has 0 unspecified atom stereocenters. The van der Waals surface area contributed by atoms with Gasteiger partial charge < -0.3 is 5.32 Å². The number of carbonyl (C=O) groups excluding carboxylic acids is 1. The van der Waals surface area contributed by atoms with Gasteiger partial charge in [-0.2, -0.15) is 0 Å². The average Bonchev–Trinajstić information content (AvgIpc) is 2.72. The summed E-state index contributed by atoms with van der Waals surface area (Å²) in [5.74, 6) is -0.582. The Morgan fingerprint density at radius 3 is 2.41 bits per heavy atom. The van der Waals surface area contributed by atoms with E-state index in [9.17, 15) is 17.6 Å². The predicted molar refractivity (Wildman–Crippen MR) is 107 cm³/mol. The van der Waals surface area contributed by atoms with Crippen molar-refractivity contribution in [3.05, 3.63) is 83.4 Å². The zero-order valence-corrected chi connectivity index (χ0v) is 16.4. The third-order valence-electron chi connectivity index (χ3n) is 4.11. The first kappa shape index (κ1) is 20.6. The SMILES string of the molecule is CNS(=O)(=O)Cc1cccc(CNC(=O)c2cnc(-c3cccc(F)c3)nc2)c1. The maximum Gasteiger partial charge on any atom is 0.254 e. The third kappa shape index (κ3) is 5.66. The summed E-state index contributed by atoms with van der Waals surface area (Å²) in [6.07, 6.45) is 2.75. The molecule has 0 saturated heterocycles. The highest BCUT2D eigenvalue weighted by atomic mass is 32.2. The standard InChI is InChI=1S/C20H19FN4O3S/c1-22-29(27,28)13-15-5-2-4-14(8-15)10-25-20(26)17-11-23-19(24-12-17)16-6-3-7-18(21)9-16/h2-9,11-12,22H,10,13H2,1H3,(H,25,26). The quantitative estimate of drug-likeness (QED) is 0.618. The van der Waals surface area contributed by atoms with Crippen LogP contribution in [0.25, 0.3) is 11.4 Å². The molecule has 9 heteroatoms. The van der Waals surface area contributed by atoms with E-state index in [0.29, 0.717) is 17.0 Å². The summed E-state index contributed by atoms with van der Waals surface area (Å²) < 4.78 is 38.9. The van der Waals surface area contributed by atoms with Crippen molar-refractivity contribution in [1.82, 2.24) is 20.0 Å². The number of nitrogens with zero attached hydrogens (tertiary/aromatic N) is 2. The lowest BCUT2D eigenvalue weighted by atomic mass is 10.1. The second-order valence-electron chi connectivity index (χ2n) is 6.27. The Morgan fingerprint density at radius 1 is 1.03 bits per heavy atom. The molecule has 0 saturated carbocycles. The van der Waals surface area contributed by atoms with Crippen LogP contribution in [0, 0.1) is 5.82 Å². The Balaban J connectivity index is 1.64. The molecule has 29 heavy (non-hydrogen) atoms. The highest BCUT2D eigenvalue weighted by Gasteiger charge is 2.11. The second-order valence-corrected chi connectivity index (χ2v) is 8.20. The van der Waals surface area contributed by atoms with E-state index in [4.69, 9.17) is 0 Å². The zero-order chi connectivity index (χ0) is 20.9. The molecule has 1 amide bonds. The van der Waals surface area contributed by atoms with Crippen LogP contribution >= 0.6 is 0 Å². The van der Waals surface area contributed by atoms with Crippen molar-refractivity contribution in [2.24, 2.45) is 0 Å². The number of rotatable bonds is 7. The molecule has 3 aromatic rings. The molecule has 0 radical (unpaired) electrons. The average molecular weight is 414 g/mol. The van der Waals surface area contributed by atoms with Crippen molar-refractivity contribution in [3.8, 4) is 11.4 Å². The second kappa shape index (κ2) is 8.89. The van der Waals surface area contributed by atoms with E-state index in [1.165, 1.54) is 31.6 Å². The summed E-state index contributed by atoms with van der Waals surface area (Å²) in [7, 11) is -2.01. The molecule has 0 aliphatic heterocycles. The Morgan fingerprint density at radius 2 is 1.72 bits per heavy atom. The first-order valence-corrected chi connectivity index (χ1v) is 10.4. The molecule has 1 aromatic heterocycles. The zero-order valence-electron chi connectivity index (χ0n) is 15.6. The van der Waals surface area contributed by atoms with E-state index in [1.54, 1.807) is 36.4 Å². The van der Waals surface area contributed by atoms with Gasteiger partial charge in [-0.1, -0.05) is 36.4 Å². The summed E-state index contributed by atoms with van der Waals surface area (Å²) >= 11 is 0. The number of amides is 1. The summed E-state index contributed by atoms with van der Waals surface area (Å²) in [6, 6.07) is 12.8. The van der Waals surface area contributed by atoms with Crippen molar-refractivity contribution in [2.45, 2.75) is 12.3 Å². The van der Waals surface area contributed by atoms with Gasteiger partial charge in [0, 0.05) is 24.5 Å². The molecule has 0 spiro atoms. The van der Waals surface area contributed by atoms with Crippen LogP contribution < -0.4 is 10.0 Å². The normalized spacial score (nSPS) is 11.2. The highest BCUT2D eigenvalue weighted by Crippen LogP contribution is 2.15. The number of sulfonamides is 1. The number of halogens is 1. The Hall–Kier alpha value is -3.17. The first-order chi connectivity index (χ1) is 13.9. The number of aromatic nitrogens is 2. The fourth-order valence-electron chi connectivity index (χ4n) is 2.63. The molecular formula is C20H19FN4O3S. The minimum Gasteiger partial charge on any atom is -0.348 e. The van der Waals surface area contributed by atoms with Gasteiger partial charge in [-0.3, -0.25) is 4.79 Å². The largest absolute Gasteiger partial charge is 0.348 e. The first-order valence-electron chi connectivity index (χ1n) is 8.71. The van der Waals surface area contributed by atoms with E-state index >= 15 is 0 Å². The van der Waals surface area contributed by atoms with E-state index in [2.05, 4.69) is 20.0 Å². The van der Waals surface area contributed by atoms with Gasteiger partial charge in [0.15, 0.2) is 5.82 Å². The van der Waals surface area contributed by atoms with Crippen molar-refractivity contribution < 1.29 is 17.6 Å². The monoisotopic (exact) mass is 414 g/mol. The maximum atomic E-state index is 13.3. The fraction of sp³-hybridized carbons (Fsp3) is 0.150. The van der Waals surface area contributed by atoms with Crippen LogP contribution in [0.3, 0.4) is 0 Å². The number of hydrogen-bond donors (Lipinski definition) is 2. The fourth-order valence-corrected chi connectivity index (χ4v) is 3.39. The molecular weight excluding hydrogens is 395 g/mol. The molecule has 3 rings (SSSR count).